The van der Waals surface area contributed by atoms with Gasteiger partial charge in [0, 0.05) is 22.7 Å². The van der Waals surface area contributed by atoms with Gasteiger partial charge >= 0.3 is 0 Å². The predicted molar refractivity (Wildman–Crippen MR) is 84.2 cm³/mol. The number of halogens is 1. The quantitative estimate of drug-likeness (QED) is 0.511. The van der Waals surface area contributed by atoms with Crippen LogP contribution in [0.1, 0.15) is 5.56 Å². The number of fused-ring (bicyclic) bond motifs is 3. The Balaban J connectivity index is 2.07. The van der Waals surface area contributed by atoms with Crippen molar-refractivity contribution in [1.29, 1.82) is 0 Å². The van der Waals surface area contributed by atoms with Crippen molar-refractivity contribution in [2.75, 3.05) is 14.1 Å². The number of likely N-dealkylation sites (N-methyl/N-ethyl adjacent to an activating group) is 2. The van der Waals surface area contributed by atoms with Gasteiger partial charge < -0.3 is 15.6 Å². The van der Waals surface area contributed by atoms with Gasteiger partial charge in [-0.3, -0.25) is 0 Å². The molecule has 0 unspecified atom stereocenters. The molecule has 0 radical (unpaired) electrons. The van der Waals surface area contributed by atoms with Crippen LogP contribution in [0.2, 0.25) is 5.15 Å². The summed E-state index contributed by atoms with van der Waals surface area (Å²) in [5.74, 6) is 0. The minimum absolute atomic E-state index is 0.269. The van der Waals surface area contributed by atoms with E-state index in [0.29, 0.717) is 5.15 Å². The van der Waals surface area contributed by atoms with Crippen LogP contribution in [0.3, 0.4) is 0 Å². The molecule has 0 saturated carbocycles. The number of nitrogens with one attached hydrogen (secondary N) is 3. The fraction of sp³-hybridized carbons (Fsp3) is 0.267. The second kappa shape index (κ2) is 5.40. The number of aromatic nitrogens is 2. The lowest BCUT2D eigenvalue weighted by atomic mass is 10.1. The number of aromatic amines is 1. The second-order valence-electron chi connectivity index (χ2n) is 4.87. The summed E-state index contributed by atoms with van der Waals surface area (Å²) in [7, 11) is 3.91. The number of nitrogens with zero attached hydrogens (tertiary/aromatic N) is 1. The normalized spacial score (nSPS) is 11.8. The molecule has 1 aromatic carbocycles. The lowest BCUT2D eigenvalue weighted by Gasteiger charge is -2.14. The van der Waals surface area contributed by atoms with E-state index in [9.17, 15) is 0 Å². The highest BCUT2D eigenvalue weighted by Gasteiger charge is 2.09. The van der Waals surface area contributed by atoms with Crippen molar-refractivity contribution in [2.24, 2.45) is 0 Å². The molecule has 2 aromatic heterocycles. The van der Waals surface area contributed by atoms with Crippen LogP contribution in [0.25, 0.3) is 21.9 Å². The van der Waals surface area contributed by atoms with Crippen molar-refractivity contribution in [3.63, 3.8) is 0 Å². The maximum atomic E-state index is 5.94. The van der Waals surface area contributed by atoms with Gasteiger partial charge in [-0.1, -0.05) is 17.7 Å². The van der Waals surface area contributed by atoms with Gasteiger partial charge in [-0.2, -0.15) is 0 Å². The highest BCUT2D eigenvalue weighted by atomic mass is 35.5. The van der Waals surface area contributed by atoms with Crippen LogP contribution in [0.4, 0.5) is 0 Å². The molecule has 0 fully saturated rings. The number of pyridine rings is 1. The second-order valence-corrected chi connectivity index (χ2v) is 5.26. The number of H-pyrrole nitrogens is 1. The first-order valence-electron chi connectivity index (χ1n) is 6.62. The third kappa shape index (κ3) is 2.38. The highest BCUT2D eigenvalue weighted by molar-refractivity contribution is 6.30. The molecule has 0 aliphatic heterocycles. The summed E-state index contributed by atoms with van der Waals surface area (Å²) < 4.78 is 0. The van der Waals surface area contributed by atoms with Gasteiger partial charge in [0.25, 0.3) is 0 Å². The Hall–Kier alpha value is -1.62. The first kappa shape index (κ1) is 13.4. The summed E-state index contributed by atoms with van der Waals surface area (Å²) in [5, 5.41) is 9.28. The number of hydrogen-bond acceptors (Lipinski definition) is 3. The molecule has 0 aliphatic carbocycles. The first-order chi connectivity index (χ1) is 9.71. The lowest BCUT2D eigenvalue weighted by molar-refractivity contribution is 0.493. The molecule has 0 spiro atoms. The molecule has 3 rings (SSSR count). The fourth-order valence-electron chi connectivity index (χ4n) is 2.51. The molecular weight excluding hydrogens is 272 g/mol. The van der Waals surface area contributed by atoms with Gasteiger partial charge in [0.2, 0.25) is 0 Å². The van der Waals surface area contributed by atoms with Crippen molar-refractivity contribution in [1.82, 2.24) is 20.6 Å². The van der Waals surface area contributed by atoms with E-state index in [1.54, 1.807) is 0 Å². The van der Waals surface area contributed by atoms with Crippen molar-refractivity contribution in [2.45, 2.75) is 12.6 Å². The molecule has 3 aromatic rings. The summed E-state index contributed by atoms with van der Waals surface area (Å²) in [5.41, 5.74) is 3.20. The van der Waals surface area contributed by atoms with E-state index in [1.165, 1.54) is 10.9 Å². The molecule has 3 N–H and O–H groups in total. The Labute approximate surface area is 122 Å². The molecule has 5 heteroatoms. The van der Waals surface area contributed by atoms with E-state index in [0.717, 1.165) is 23.0 Å². The fourth-order valence-corrected chi connectivity index (χ4v) is 2.66. The van der Waals surface area contributed by atoms with E-state index < -0.39 is 0 Å². The van der Waals surface area contributed by atoms with Crippen LogP contribution in [0, 0.1) is 0 Å². The van der Waals surface area contributed by atoms with Crippen molar-refractivity contribution >= 4 is 33.5 Å². The summed E-state index contributed by atoms with van der Waals surface area (Å²) in [4.78, 5) is 7.62. The zero-order valence-corrected chi connectivity index (χ0v) is 12.3. The maximum Gasteiger partial charge on any atom is 0.140 e. The summed E-state index contributed by atoms with van der Waals surface area (Å²) in [6.07, 6.45) is 1.20. The minimum Gasteiger partial charge on any atom is -0.339 e. The van der Waals surface area contributed by atoms with E-state index in [2.05, 4.69) is 38.8 Å². The molecule has 0 amide bonds. The lowest BCUT2D eigenvalue weighted by Crippen LogP contribution is -2.39. The number of rotatable bonds is 4. The standard InChI is InChI=1S/C15H17ClN4/c1-17-14(18-2)8-9-3-5-12-11(7-9)10-4-6-13(16)20-15(10)19-12/h3-7,14,17-18H,8H2,1-2H3,(H,19,20). The largest absolute Gasteiger partial charge is 0.339 e. The van der Waals surface area contributed by atoms with Crippen LogP contribution in [-0.4, -0.2) is 30.2 Å². The Morgan fingerprint density at radius 3 is 2.70 bits per heavy atom. The molecule has 20 heavy (non-hydrogen) atoms. The zero-order valence-electron chi connectivity index (χ0n) is 11.5. The van der Waals surface area contributed by atoms with Crippen LogP contribution < -0.4 is 10.6 Å². The SMILES string of the molecule is CNC(Cc1ccc2[nH]c3nc(Cl)ccc3c2c1)NC. The minimum atomic E-state index is 0.269. The molecule has 0 aliphatic rings. The van der Waals surface area contributed by atoms with Crippen LogP contribution in [0.15, 0.2) is 30.3 Å². The Morgan fingerprint density at radius 1 is 1.15 bits per heavy atom. The monoisotopic (exact) mass is 288 g/mol. The summed E-state index contributed by atoms with van der Waals surface area (Å²) in [6.45, 7) is 0. The van der Waals surface area contributed by atoms with Gasteiger partial charge in [0.05, 0.1) is 6.17 Å². The molecular formula is C15H17ClN4. The third-order valence-corrected chi connectivity index (χ3v) is 3.84. The smallest absolute Gasteiger partial charge is 0.140 e. The average Bonchev–Trinajstić information content (AvgIpc) is 2.81. The zero-order chi connectivity index (χ0) is 14.1. The van der Waals surface area contributed by atoms with Crippen molar-refractivity contribution < 1.29 is 0 Å². The van der Waals surface area contributed by atoms with E-state index >= 15 is 0 Å². The topological polar surface area (TPSA) is 52.7 Å². The van der Waals surface area contributed by atoms with Gasteiger partial charge in [-0.25, -0.2) is 4.98 Å². The Morgan fingerprint density at radius 2 is 1.95 bits per heavy atom. The van der Waals surface area contributed by atoms with Gasteiger partial charge in [-0.15, -0.1) is 0 Å². The van der Waals surface area contributed by atoms with E-state index in [1.807, 2.05) is 26.2 Å². The Bertz CT molecular complexity index is 746. The molecule has 104 valence electrons. The van der Waals surface area contributed by atoms with Gasteiger partial charge in [-0.05, 0) is 43.9 Å². The molecule has 2 heterocycles. The molecule has 4 nitrogen and oxygen atoms in total. The average molecular weight is 289 g/mol. The van der Waals surface area contributed by atoms with Crippen LogP contribution >= 0.6 is 11.6 Å². The molecule has 0 atom stereocenters. The third-order valence-electron chi connectivity index (χ3n) is 3.63. The van der Waals surface area contributed by atoms with Crippen molar-refractivity contribution in [3.8, 4) is 0 Å². The van der Waals surface area contributed by atoms with E-state index in [-0.39, 0.29) is 6.17 Å². The van der Waals surface area contributed by atoms with E-state index in [4.69, 9.17) is 11.6 Å². The molecule has 0 saturated heterocycles. The first-order valence-corrected chi connectivity index (χ1v) is 7.00. The maximum absolute atomic E-state index is 5.94. The predicted octanol–water partition coefficient (Wildman–Crippen LogP) is 2.68. The number of benzene rings is 1. The number of hydrogen-bond donors (Lipinski definition) is 3. The van der Waals surface area contributed by atoms with Gasteiger partial charge in [0.1, 0.15) is 10.8 Å². The summed E-state index contributed by atoms with van der Waals surface area (Å²) >= 11 is 5.94. The van der Waals surface area contributed by atoms with Crippen molar-refractivity contribution in [3.05, 3.63) is 41.0 Å². The van der Waals surface area contributed by atoms with Gasteiger partial charge in [0.15, 0.2) is 0 Å². The highest BCUT2D eigenvalue weighted by Crippen LogP contribution is 2.26. The molecule has 0 bridgehead atoms. The Kier molecular flexibility index (Phi) is 3.61. The van der Waals surface area contributed by atoms with Crippen LogP contribution in [-0.2, 0) is 6.42 Å². The van der Waals surface area contributed by atoms with Crippen LogP contribution in [0.5, 0.6) is 0 Å². The summed E-state index contributed by atoms with van der Waals surface area (Å²) in [6, 6.07) is 10.3.